The van der Waals surface area contributed by atoms with Crippen LogP contribution in [0.2, 0.25) is 18.1 Å². The third-order valence-electron chi connectivity index (χ3n) is 1.54. The molecule has 4 heteroatoms. The van der Waals surface area contributed by atoms with Crippen LogP contribution >= 0.6 is 11.6 Å². The summed E-state index contributed by atoms with van der Waals surface area (Å²) in [7, 11) is -2.36. The zero-order valence-corrected chi connectivity index (χ0v) is 11.4. The van der Waals surface area contributed by atoms with E-state index in [0.717, 1.165) is 5.19 Å². The van der Waals surface area contributed by atoms with E-state index in [4.69, 9.17) is 11.6 Å². The van der Waals surface area contributed by atoms with Crippen molar-refractivity contribution >= 4 is 25.1 Å². The molecule has 0 saturated carbocycles. The Hall–Kier alpha value is 0.687. The first-order valence-corrected chi connectivity index (χ1v) is 6.75. The van der Waals surface area contributed by atoms with E-state index >= 15 is 0 Å². The van der Waals surface area contributed by atoms with E-state index in [1.165, 1.54) is 0 Å². The molecule has 0 N–H and O–H groups in total. The molecule has 0 saturated heterocycles. The van der Waals surface area contributed by atoms with E-state index in [-0.39, 0.29) is 29.6 Å². The number of rotatable bonds is 1. The maximum absolute atomic E-state index is 11.5. The van der Waals surface area contributed by atoms with Crippen LogP contribution in [0, 0.1) is 0 Å². The van der Waals surface area contributed by atoms with Crippen LogP contribution in [0.5, 0.6) is 0 Å². The number of hydrogen-bond donors (Lipinski definition) is 0. The Morgan fingerprint density at radius 3 is 1.92 bits per heavy atom. The molecular formula is C8H10ClNaOSi. The van der Waals surface area contributed by atoms with Gasteiger partial charge >= 0.3 is 29.6 Å². The molecular weight excluding hydrogens is 199 g/mol. The van der Waals surface area contributed by atoms with Crippen molar-refractivity contribution in [2.24, 2.45) is 0 Å². The van der Waals surface area contributed by atoms with Crippen molar-refractivity contribution in [3.05, 3.63) is 29.3 Å². The maximum atomic E-state index is 11.5. The summed E-state index contributed by atoms with van der Waals surface area (Å²) in [4.78, 5) is 11.5. The average Bonchev–Trinajstić information content (AvgIpc) is 1.86. The first-order chi connectivity index (χ1) is 5.00. The average molecular weight is 209 g/mol. The maximum Gasteiger partial charge on any atom is 1.00 e. The molecule has 0 atom stereocenters. The minimum Gasteiger partial charge on any atom is -0.855 e. The summed E-state index contributed by atoms with van der Waals surface area (Å²) in [5.41, 5.74) is 0. The second-order valence-electron chi connectivity index (χ2n) is 3.02. The molecule has 1 nitrogen and oxygen atoms in total. The Balaban J connectivity index is 0.00000121. The third kappa shape index (κ3) is 3.60. The van der Waals surface area contributed by atoms with Gasteiger partial charge in [-0.15, -0.1) is 0 Å². The summed E-state index contributed by atoms with van der Waals surface area (Å²) in [6.45, 7) is 3.55. The molecule has 0 bridgehead atoms. The van der Waals surface area contributed by atoms with Crippen molar-refractivity contribution in [1.29, 1.82) is 0 Å². The van der Waals surface area contributed by atoms with E-state index in [1.54, 1.807) is 25.2 Å². The number of halogens is 1. The van der Waals surface area contributed by atoms with Crippen LogP contribution < -0.4 is 39.5 Å². The van der Waals surface area contributed by atoms with Crippen LogP contribution in [0.25, 0.3) is 0 Å². The smallest absolute Gasteiger partial charge is 0.855 e. The fourth-order valence-corrected chi connectivity index (χ4v) is 1.95. The van der Waals surface area contributed by atoms with Gasteiger partial charge in [0.25, 0.3) is 0 Å². The van der Waals surface area contributed by atoms with Crippen molar-refractivity contribution in [3.63, 3.8) is 0 Å². The largest absolute Gasteiger partial charge is 1.00 e. The zero-order valence-electron chi connectivity index (χ0n) is 7.60. The fourth-order valence-electron chi connectivity index (χ4n) is 0.851. The molecule has 0 heterocycles. The van der Waals surface area contributed by atoms with Crippen LogP contribution in [0.4, 0.5) is 0 Å². The van der Waals surface area contributed by atoms with E-state index < -0.39 is 8.32 Å². The first kappa shape index (κ1) is 12.7. The Morgan fingerprint density at radius 2 is 1.58 bits per heavy atom. The van der Waals surface area contributed by atoms with Crippen LogP contribution in [0.15, 0.2) is 24.3 Å². The van der Waals surface area contributed by atoms with E-state index in [1.807, 2.05) is 12.1 Å². The normalized spacial score (nSPS) is 10.7. The summed E-state index contributed by atoms with van der Waals surface area (Å²) >= 11 is 5.68. The third-order valence-corrected chi connectivity index (χ3v) is 3.52. The van der Waals surface area contributed by atoms with Gasteiger partial charge in [-0.1, -0.05) is 42.0 Å². The molecule has 0 aromatic heterocycles. The van der Waals surface area contributed by atoms with Gasteiger partial charge in [0, 0.05) is 5.02 Å². The Morgan fingerprint density at radius 1 is 1.17 bits per heavy atom. The second-order valence-corrected chi connectivity index (χ2v) is 7.05. The molecule has 0 radical (unpaired) electrons. The van der Waals surface area contributed by atoms with Gasteiger partial charge in [0.1, 0.15) is 0 Å². The van der Waals surface area contributed by atoms with Crippen LogP contribution in [0.1, 0.15) is 0 Å². The molecule has 0 aliphatic rings. The minimum atomic E-state index is -2.36. The summed E-state index contributed by atoms with van der Waals surface area (Å²) in [5.74, 6) is 0. The van der Waals surface area contributed by atoms with Gasteiger partial charge in [0.05, 0.1) is 0 Å². The predicted octanol–water partition coefficient (Wildman–Crippen LogP) is -1.88. The van der Waals surface area contributed by atoms with Gasteiger partial charge in [0.2, 0.25) is 0 Å². The molecule has 1 aromatic rings. The summed E-state index contributed by atoms with van der Waals surface area (Å²) < 4.78 is 0. The van der Waals surface area contributed by atoms with Crippen molar-refractivity contribution in [3.8, 4) is 0 Å². The molecule has 1 rings (SSSR count). The quantitative estimate of drug-likeness (QED) is 0.496. The zero-order chi connectivity index (χ0) is 8.48. The second kappa shape index (κ2) is 4.79. The molecule has 12 heavy (non-hydrogen) atoms. The summed E-state index contributed by atoms with van der Waals surface area (Å²) in [5, 5.41) is 1.59. The van der Waals surface area contributed by atoms with E-state index in [2.05, 4.69) is 0 Å². The molecule has 0 fully saturated rings. The SMILES string of the molecule is C[Si](C)([O-])c1ccc(Cl)cc1.[Na+]. The Labute approximate surface area is 101 Å². The molecule has 0 amide bonds. The first-order valence-electron chi connectivity index (χ1n) is 3.46. The van der Waals surface area contributed by atoms with Gasteiger partial charge in [-0.2, -0.15) is 0 Å². The van der Waals surface area contributed by atoms with Crippen molar-refractivity contribution in [2.45, 2.75) is 13.1 Å². The molecule has 0 unspecified atom stereocenters. The van der Waals surface area contributed by atoms with Gasteiger partial charge in [-0.3, -0.25) is 0 Å². The number of hydrogen-bond acceptors (Lipinski definition) is 1. The fraction of sp³-hybridized carbons (Fsp3) is 0.250. The summed E-state index contributed by atoms with van der Waals surface area (Å²) in [6, 6.07) is 7.18. The monoisotopic (exact) mass is 208 g/mol. The number of benzene rings is 1. The molecule has 0 spiro atoms. The van der Waals surface area contributed by atoms with Crippen molar-refractivity contribution in [1.82, 2.24) is 0 Å². The van der Waals surface area contributed by atoms with Crippen LogP contribution in [-0.4, -0.2) is 8.32 Å². The Kier molecular flexibility index (Phi) is 5.07. The Bertz CT molecular complexity index is 242. The van der Waals surface area contributed by atoms with Crippen molar-refractivity contribution in [2.75, 3.05) is 0 Å². The molecule has 0 aliphatic carbocycles. The van der Waals surface area contributed by atoms with Crippen LogP contribution in [0.3, 0.4) is 0 Å². The van der Waals surface area contributed by atoms with Gasteiger partial charge < -0.3 is 4.80 Å². The van der Waals surface area contributed by atoms with E-state index in [0.29, 0.717) is 5.02 Å². The van der Waals surface area contributed by atoms with Gasteiger partial charge in [-0.25, -0.2) is 0 Å². The topological polar surface area (TPSA) is 23.1 Å². The van der Waals surface area contributed by atoms with Crippen molar-refractivity contribution < 1.29 is 34.4 Å². The van der Waals surface area contributed by atoms with E-state index in [9.17, 15) is 4.80 Å². The van der Waals surface area contributed by atoms with Gasteiger partial charge in [-0.05, 0) is 20.5 Å². The minimum absolute atomic E-state index is 0. The molecule has 0 aliphatic heterocycles. The standard InChI is InChI=1S/C8H10ClOSi.Na/c1-11(2,10)8-5-3-7(9)4-6-8;/h3-6H,1-2H3;/q-1;+1. The summed E-state index contributed by atoms with van der Waals surface area (Å²) in [6.07, 6.45) is 0. The van der Waals surface area contributed by atoms with Gasteiger partial charge in [0.15, 0.2) is 0 Å². The predicted molar refractivity (Wildman–Crippen MR) is 48.6 cm³/mol. The molecule has 1 aromatic carbocycles. The van der Waals surface area contributed by atoms with Crippen LogP contribution in [-0.2, 0) is 0 Å². The molecule has 60 valence electrons.